The number of ether oxygens (including phenoxy) is 2. The average Bonchev–Trinajstić information content (AvgIpc) is 3.05. The van der Waals surface area contributed by atoms with Crippen LogP contribution >= 0.6 is 11.8 Å². The molecule has 2 heterocycles. The zero-order valence-corrected chi connectivity index (χ0v) is 16.4. The molecule has 0 radical (unpaired) electrons. The Bertz CT molecular complexity index is 1080. The van der Waals surface area contributed by atoms with E-state index < -0.39 is 17.4 Å². The van der Waals surface area contributed by atoms with E-state index in [0.717, 1.165) is 11.8 Å². The number of nitrogens with zero attached hydrogens (tertiary/aromatic N) is 2. The first-order valence-corrected chi connectivity index (χ1v) is 9.20. The van der Waals surface area contributed by atoms with Crippen molar-refractivity contribution in [3.63, 3.8) is 0 Å². The van der Waals surface area contributed by atoms with Crippen LogP contribution < -0.4 is 15.0 Å². The molecular formula is C18H16F3N3O4S. The third-order valence-corrected chi connectivity index (χ3v) is 4.76. The molecule has 0 aliphatic carbocycles. The van der Waals surface area contributed by atoms with Gasteiger partial charge < -0.3 is 18.9 Å². The summed E-state index contributed by atoms with van der Waals surface area (Å²) in [5.41, 5.74) is -0.961. The minimum Gasteiger partial charge on any atom is -0.493 e. The summed E-state index contributed by atoms with van der Waals surface area (Å²) in [4.78, 5) is 21.6. The zero-order chi connectivity index (χ0) is 21.2. The van der Waals surface area contributed by atoms with Crippen molar-refractivity contribution in [1.29, 1.82) is 0 Å². The Hall–Kier alpha value is -2.95. The van der Waals surface area contributed by atoms with Crippen LogP contribution in [-0.4, -0.2) is 29.2 Å². The van der Waals surface area contributed by atoms with Crippen LogP contribution in [0.2, 0.25) is 0 Å². The molecule has 0 fully saturated rings. The van der Waals surface area contributed by atoms with Crippen molar-refractivity contribution < 1.29 is 27.1 Å². The molecule has 0 spiro atoms. The summed E-state index contributed by atoms with van der Waals surface area (Å²) in [6, 6.07) is 5.57. The summed E-state index contributed by atoms with van der Waals surface area (Å²) < 4.78 is 54.6. The Labute approximate surface area is 167 Å². The summed E-state index contributed by atoms with van der Waals surface area (Å²) in [5.74, 6) is 2.03. The van der Waals surface area contributed by atoms with Crippen LogP contribution in [0.4, 0.5) is 13.2 Å². The predicted molar refractivity (Wildman–Crippen MR) is 99.2 cm³/mol. The molecule has 0 amide bonds. The Morgan fingerprint density at radius 2 is 1.86 bits per heavy atom. The highest BCUT2D eigenvalue weighted by atomic mass is 32.2. The van der Waals surface area contributed by atoms with E-state index >= 15 is 0 Å². The van der Waals surface area contributed by atoms with E-state index in [-0.39, 0.29) is 10.9 Å². The fraction of sp³-hybridized carbons (Fsp3) is 0.278. The van der Waals surface area contributed by atoms with Crippen molar-refractivity contribution in [1.82, 2.24) is 15.0 Å². The first-order valence-electron chi connectivity index (χ1n) is 8.21. The van der Waals surface area contributed by atoms with E-state index in [9.17, 15) is 18.0 Å². The molecule has 0 atom stereocenters. The van der Waals surface area contributed by atoms with Gasteiger partial charge in [-0.25, -0.2) is 9.97 Å². The first-order chi connectivity index (χ1) is 13.7. The number of rotatable bonds is 6. The Morgan fingerprint density at radius 3 is 2.52 bits per heavy atom. The number of aryl methyl sites for hydroxylation is 1. The molecule has 2 aromatic heterocycles. The molecule has 3 aromatic rings. The lowest BCUT2D eigenvalue weighted by molar-refractivity contribution is -0.141. The highest BCUT2D eigenvalue weighted by molar-refractivity contribution is 7.98. The molecule has 29 heavy (non-hydrogen) atoms. The summed E-state index contributed by atoms with van der Waals surface area (Å²) in [6.07, 6.45) is -4.70. The predicted octanol–water partition coefficient (Wildman–Crippen LogP) is 4.06. The van der Waals surface area contributed by atoms with E-state index in [1.807, 2.05) is 0 Å². The summed E-state index contributed by atoms with van der Waals surface area (Å²) >= 11 is 0.921. The van der Waals surface area contributed by atoms with Gasteiger partial charge in [-0.3, -0.25) is 4.79 Å². The number of alkyl halides is 3. The smallest absolute Gasteiger partial charge is 0.433 e. The topological polar surface area (TPSA) is 90.2 Å². The summed E-state index contributed by atoms with van der Waals surface area (Å²) in [5, 5.41) is -0.153. The highest BCUT2D eigenvalue weighted by Gasteiger charge is 2.33. The zero-order valence-electron chi connectivity index (χ0n) is 15.6. The van der Waals surface area contributed by atoms with Crippen molar-refractivity contribution >= 4 is 11.8 Å². The Kier molecular flexibility index (Phi) is 5.87. The van der Waals surface area contributed by atoms with Gasteiger partial charge in [0.25, 0.3) is 5.56 Å². The third kappa shape index (κ3) is 4.73. The molecule has 0 saturated carbocycles. The van der Waals surface area contributed by atoms with Gasteiger partial charge in [0.2, 0.25) is 5.89 Å². The number of thioether (sulfide) groups is 1. The van der Waals surface area contributed by atoms with Gasteiger partial charge in [0.15, 0.2) is 22.3 Å². The van der Waals surface area contributed by atoms with E-state index in [0.29, 0.717) is 40.5 Å². The molecule has 0 saturated heterocycles. The quantitative estimate of drug-likeness (QED) is 0.469. The van der Waals surface area contributed by atoms with Gasteiger partial charge >= 0.3 is 6.18 Å². The molecule has 3 rings (SSSR count). The van der Waals surface area contributed by atoms with Crippen molar-refractivity contribution in [3.8, 4) is 23.0 Å². The van der Waals surface area contributed by atoms with E-state index in [2.05, 4.69) is 15.0 Å². The van der Waals surface area contributed by atoms with Crippen LogP contribution in [0.15, 0.2) is 38.6 Å². The molecule has 0 aliphatic heterocycles. The second kappa shape index (κ2) is 8.19. The Morgan fingerprint density at radius 1 is 1.14 bits per heavy atom. The number of methoxy groups -OCH3 is 2. The van der Waals surface area contributed by atoms with Gasteiger partial charge in [-0.15, -0.1) is 0 Å². The third-order valence-electron chi connectivity index (χ3n) is 3.88. The van der Waals surface area contributed by atoms with Gasteiger partial charge in [0.05, 0.1) is 19.9 Å². The standard InChI is InChI=1S/C18H16F3N3O4S/c1-9-11(8-29-17-23-14(18(19,20)21)7-15(25)24-17)22-16(28-9)10-4-5-12(26-2)13(6-10)27-3/h4-7H,8H2,1-3H3,(H,23,24,25). The van der Waals surface area contributed by atoms with Gasteiger partial charge in [0.1, 0.15) is 5.76 Å². The molecule has 11 heteroatoms. The number of aromatic amines is 1. The number of nitrogens with one attached hydrogen (secondary N) is 1. The van der Waals surface area contributed by atoms with Gasteiger partial charge in [-0.2, -0.15) is 13.2 Å². The monoisotopic (exact) mass is 427 g/mol. The van der Waals surface area contributed by atoms with Crippen LogP contribution in [0.1, 0.15) is 17.1 Å². The molecule has 1 N–H and O–H groups in total. The number of H-pyrrole nitrogens is 1. The minimum atomic E-state index is -4.70. The van der Waals surface area contributed by atoms with E-state index in [4.69, 9.17) is 13.9 Å². The van der Waals surface area contributed by atoms with Crippen molar-refractivity contribution in [2.24, 2.45) is 0 Å². The number of oxazole rings is 1. The Balaban J connectivity index is 1.82. The maximum absolute atomic E-state index is 12.8. The minimum absolute atomic E-state index is 0.153. The molecule has 0 bridgehead atoms. The lowest BCUT2D eigenvalue weighted by atomic mass is 10.2. The maximum Gasteiger partial charge on any atom is 0.433 e. The van der Waals surface area contributed by atoms with Crippen LogP contribution in [0.3, 0.4) is 0 Å². The summed E-state index contributed by atoms with van der Waals surface area (Å²) in [6.45, 7) is 1.69. The van der Waals surface area contributed by atoms with E-state index in [1.165, 1.54) is 14.2 Å². The SMILES string of the molecule is COc1ccc(-c2nc(CSc3nc(C(F)(F)F)cc(=O)[nH]3)c(C)o2)cc1OC. The lowest BCUT2D eigenvalue weighted by Crippen LogP contribution is -2.16. The van der Waals surface area contributed by atoms with Gasteiger partial charge in [-0.1, -0.05) is 11.8 Å². The molecule has 1 aromatic carbocycles. The van der Waals surface area contributed by atoms with Crippen LogP contribution in [0.5, 0.6) is 11.5 Å². The van der Waals surface area contributed by atoms with Gasteiger partial charge in [-0.05, 0) is 25.1 Å². The fourth-order valence-electron chi connectivity index (χ4n) is 2.44. The first kappa shape index (κ1) is 20.8. The molecule has 154 valence electrons. The van der Waals surface area contributed by atoms with Crippen molar-refractivity contribution in [2.75, 3.05) is 14.2 Å². The average molecular weight is 427 g/mol. The normalized spacial score (nSPS) is 11.5. The summed E-state index contributed by atoms with van der Waals surface area (Å²) in [7, 11) is 3.03. The molecular weight excluding hydrogens is 411 g/mol. The largest absolute Gasteiger partial charge is 0.493 e. The maximum atomic E-state index is 12.8. The van der Waals surface area contributed by atoms with Crippen LogP contribution in [0.25, 0.3) is 11.5 Å². The lowest BCUT2D eigenvalue weighted by Gasteiger charge is -2.07. The van der Waals surface area contributed by atoms with E-state index in [1.54, 1.807) is 25.1 Å². The number of halogens is 3. The van der Waals surface area contributed by atoms with Crippen molar-refractivity contribution in [2.45, 2.75) is 24.0 Å². The van der Waals surface area contributed by atoms with Crippen molar-refractivity contribution in [3.05, 3.63) is 51.8 Å². The van der Waals surface area contributed by atoms with Crippen LogP contribution in [-0.2, 0) is 11.9 Å². The highest BCUT2D eigenvalue weighted by Crippen LogP contribution is 2.33. The van der Waals surface area contributed by atoms with Crippen LogP contribution in [0, 0.1) is 6.92 Å². The fourth-order valence-corrected chi connectivity index (χ4v) is 3.32. The van der Waals surface area contributed by atoms with Gasteiger partial charge in [0, 0.05) is 17.4 Å². The number of aromatic nitrogens is 3. The molecule has 0 unspecified atom stereocenters. The second-order valence-electron chi connectivity index (χ2n) is 5.81. The molecule has 0 aliphatic rings. The number of hydrogen-bond donors (Lipinski definition) is 1. The number of hydrogen-bond acceptors (Lipinski definition) is 7. The number of benzene rings is 1. The molecule has 7 nitrogen and oxygen atoms in total. The second-order valence-corrected chi connectivity index (χ2v) is 6.78.